The van der Waals surface area contributed by atoms with Crippen LogP contribution in [0.15, 0.2) is 48.8 Å². The maximum Gasteiger partial charge on any atom is 0.314 e. The number of rotatable bonds is 3. The molecule has 4 rings (SSSR count). The second-order valence-electron chi connectivity index (χ2n) is 6.94. The molecule has 0 radical (unpaired) electrons. The lowest BCUT2D eigenvalue weighted by Gasteiger charge is -2.39. The van der Waals surface area contributed by atoms with E-state index in [-0.39, 0.29) is 5.91 Å². The van der Waals surface area contributed by atoms with Crippen molar-refractivity contribution in [2.75, 3.05) is 13.1 Å². The fourth-order valence-corrected chi connectivity index (χ4v) is 3.76. The molecule has 3 aromatic rings. The molecule has 7 heteroatoms. The molecular weight excluding hydrogens is 344 g/mol. The number of carboxylic acids is 1. The Labute approximate surface area is 156 Å². The topological polar surface area (TPSA) is 87.8 Å². The van der Waals surface area contributed by atoms with Crippen LogP contribution < -0.4 is 0 Å². The van der Waals surface area contributed by atoms with E-state index in [1.165, 1.54) is 6.20 Å². The minimum atomic E-state index is -0.950. The molecule has 0 saturated carbocycles. The molecule has 1 N–H and O–H groups in total. The number of benzene rings is 1. The molecule has 1 saturated heterocycles. The van der Waals surface area contributed by atoms with Crippen LogP contribution in [0.1, 0.15) is 34.5 Å². The molecule has 7 nitrogen and oxygen atoms in total. The third-order valence-electron chi connectivity index (χ3n) is 5.38. The van der Waals surface area contributed by atoms with E-state index < -0.39 is 11.4 Å². The first-order valence-electron chi connectivity index (χ1n) is 8.90. The number of piperidine rings is 1. The Bertz CT molecular complexity index is 1000. The van der Waals surface area contributed by atoms with Crippen LogP contribution in [0, 0.1) is 6.92 Å². The molecule has 2 aromatic heterocycles. The zero-order chi connectivity index (χ0) is 19.0. The van der Waals surface area contributed by atoms with Gasteiger partial charge in [0.2, 0.25) is 0 Å². The van der Waals surface area contributed by atoms with Crippen molar-refractivity contribution in [2.45, 2.75) is 25.2 Å². The van der Waals surface area contributed by atoms with E-state index in [1.807, 2.05) is 43.3 Å². The number of likely N-dealkylation sites (tertiary alicyclic amines) is 1. The highest BCUT2D eigenvalue weighted by Crippen LogP contribution is 2.36. The highest BCUT2D eigenvalue weighted by atomic mass is 16.4. The van der Waals surface area contributed by atoms with Gasteiger partial charge in [0, 0.05) is 25.0 Å². The number of amides is 1. The number of aryl methyl sites for hydroxylation is 1. The van der Waals surface area contributed by atoms with Crippen molar-refractivity contribution in [1.82, 2.24) is 19.5 Å². The number of nitrogens with zero attached hydrogens (tertiary/aromatic N) is 4. The number of hydrogen-bond acceptors (Lipinski definition) is 4. The van der Waals surface area contributed by atoms with Crippen molar-refractivity contribution in [3.8, 4) is 0 Å². The Hall–Kier alpha value is -3.22. The molecule has 1 aliphatic heterocycles. The van der Waals surface area contributed by atoms with Gasteiger partial charge in [-0.15, -0.1) is 0 Å². The van der Waals surface area contributed by atoms with Crippen LogP contribution in [-0.2, 0) is 10.2 Å². The molecule has 0 bridgehead atoms. The van der Waals surface area contributed by atoms with Gasteiger partial charge in [-0.05, 0) is 31.4 Å². The van der Waals surface area contributed by atoms with E-state index in [9.17, 15) is 14.7 Å². The number of carbonyl (C=O) groups is 2. The number of aromatic nitrogens is 3. The number of hydrogen-bond donors (Lipinski definition) is 1. The van der Waals surface area contributed by atoms with Crippen molar-refractivity contribution < 1.29 is 14.7 Å². The van der Waals surface area contributed by atoms with E-state index in [1.54, 1.807) is 15.6 Å². The van der Waals surface area contributed by atoms with Crippen LogP contribution in [0.25, 0.3) is 5.65 Å². The van der Waals surface area contributed by atoms with Crippen LogP contribution in [0.2, 0.25) is 0 Å². The van der Waals surface area contributed by atoms with Crippen LogP contribution in [0.4, 0.5) is 0 Å². The van der Waals surface area contributed by atoms with Gasteiger partial charge in [0.25, 0.3) is 5.91 Å². The normalized spacial score (nSPS) is 16.4. The van der Waals surface area contributed by atoms with E-state index in [0.717, 1.165) is 11.3 Å². The number of carboxylic acid groups (broad SMARTS) is 1. The lowest BCUT2D eigenvalue weighted by molar-refractivity contribution is -0.145. The molecule has 0 aliphatic carbocycles. The molecule has 138 valence electrons. The highest BCUT2D eigenvalue weighted by molar-refractivity contribution is 5.99. The summed E-state index contributed by atoms with van der Waals surface area (Å²) >= 11 is 0. The predicted molar refractivity (Wildman–Crippen MR) is 98.6 cm³/mol. The van der Waals surface area contributed by atoms with Crippen LogP contribution in [-0.4, -0.2) is 49.6 Å². The Morgan fingerprint density at radius 2 is 1.81 bits per heavy atom. The lowest BCUT2D eigenvalue weighted by Crippen LogP contribution is -2.49. The second-order valence-corrected chi connectivity index (χ2v) is 6.94. The molecule has 0 spiro atoms. The summed E-state index contributed by atoms with van der Waals surface area (Å²) in [6, 6.07) is 11.1. The third-order valence-corrected chi connectivity index (χ3v) is 5.38. The van der Waals surface area contributed by atoms with Gasteiger partial charge in [-0.2, -0.15) is 5.10 Å². The summed E-state index contributed by atoms with van der Waals surface area (Å²) in [6.07, 6.45) is 4.06. The number of fused-ring (bicyclic) bond motifs is 1. The van der Waals surface area contributed by atoms with Crippen LogP contribution >= 0.6 is 0 Å². The first-order chi connectivity index (χ1) is 13.0. The summed E-state index contributed by atoms with van der Waals surface area (Å²) in [4.78, 5) is 31.2. The molecule has 3 heterocycles. The molecule has 27 heavy (non-hydrogen) atoms. The first kappa shape index (κ1) is 17.2. The smallest absolute Gasteiger partial charge is 0.314 e. The molecule has 1 amide bonds. The largest absolute Gasteiger partial charge is 0.481 e. The summed E-state index contributed by atoms with van der Waals surface area (Å²) in [5.74, 6) is -0.996. The van der Waals surface area contributed by atoms with Gasteiger partial charge in [0.05, 0.1) is 11.6 Å². The average Bonchev–Trinajstić information content (AvgIpc) is 3.11. The zero-order valence-electron chi connectivity index (χ0n) is 15.0. The Morgan fingerprint density at radius 3 is 2.48 bits per heavy atom. The van der Waals surface area contributed by atoms with Crippen molar-refractivity contribution in [3.05, 3.63) is 65.6 Å². The molecule has 0 unspecified atom stereocenters. The van der Waals surface area contributed by atoms with Crippen molar-refractivity contribution in [3.63, 3.8) is 0 Å². The minimum absolute atomic E-state index is 0.157. The molecule has 1 aliphatic rings. The lowest BCUT2D eigenvalue weighted by atomic mass is 9.73. The van der Waals surface area contributed by atoms with Gasteiger partial charge in [-0.1, -0.05) is 30.3 Å². The van der Waals surface area contributed by atoms with Gasteiger partial charge < -0.3 is 10.0 Å². The molecular formula is C20H20N4O3. The van der Waals surface area contributed by atoms with Crippen molar-refractivity contribution >= 4 is 17.5 Å². The molecule has 0 atom stereocenters. The second kappa shape index (κ2) is 6.50. The maximum atomic E-state index is 13.0. The summed E-state index contributed by atoms with van der Waals surface area (Å²) in [5.41, 5.74) is 1.62. The van der Waals surface area contributed by atoms with Gasteiger partial charge in [-0.3, -0.25) is 9.59 Å². The Balaban J connectivity index is 1.59. The highest BCUT2D eigenvalue weighted by Gasteiger charge is 2.44. The summed E-state index contributed by atoms with van der Waals surface area (Å²) in [7, 11) is 0. The number of carbonyl (C=O) groups excluding carboxylic acids is 1. The fraction of sp³-hybridized carbons (Fsp3) is 0.300. The quantitative estimate of drug-likeness (QED) is 0.770. The fourth-order valence-electron chi connectivity index (χ4n) is 3.76. The standard InChI is InChI=1S/C20H20N4O3/c1-14-7-10-24-17(22-14)16(13-21-24)18(25)23-11-8-20(9-12-23,19(26)27)15-5-3-2-4-6-15/h2-7,10,13H,8-9,11-12H2,1H3,(H,26,27). The Kier molecular flexibility index (Phi) is 4.14. The third kappa shape index (κ3) is 2.85. The summed E-state index contributed by atoms with van der Waals surface area (Å²) in [6.45, 7) is 2.62. The van der Waals surface area contributed by atoms with Gasteiger partial charge in [-0.25, -0.2) is 9.50 Å². The predicted octanol–water partition coefficient (Wildman–Crippen LogP) is 2.30. The van der Waals surface area contributed by atoms with Gasteiger partial charge in [0.1, 0.15) is 5.56 Å². The van der Waals surface area contributed by atoms with Crippen LogP contribution in [0.5, 0.6) is 0 Å². The average molecular weight is 364 g/mol. The van der Waals surface area contributed by atoms with E-state index in [0.29, 0.717) is 37.1 Å². The molecule has 1 fully saturated rings. The minimum Gasteiger partial charge on any atom is -0.481 e. The van der Waals surface area contributed by atoms with Gasteiger partial charge in [0.15, 0.2) is 5.65 Å². The van der Waals surface area contributed by atoms with Crippen molar-refractivity contribution in [1.29, 1.82) is 0 Å². The summed E-state index contributed by atoms with van der Waals surface area (Å²) < 4.78 is 1.58. The Morgan fingerprint density at radius 1 is 1.11 bits per heavy atom. The first-order valence-corrected chi connectivity index (χ1v) is 8.90. The monoisotopic (exact) mass is 364 g/mol. The van der Waals surface area contributed by atoms with E-state index in [2.05, 4.69) is 10.1 Å². The van der Waals surface area contributed by atoms with E-state index >= 15 is 0 Å². The van der Waals surface area contributed by atoms with Crippen LogP contribution in [0.3, 0.4) is 0 Å². The van der Waals surface area contributed by atoms with E-state index in [4.69, 9.17) is 0 Å². The maximum absolute atomic E-state index is 13.0. The number of aliphatic carboxylic acids is 1. The SMILES string of the molecule is Cc1ccn2ncc(C(=O)N3CCC(C(=O)O)(c4ccccc4)CC3)c2n1. The molecule has 1 aromatic carbocycles. The summed E-state index contributed by atoms with van der Waals surface area (Å²) in [5, 5.41) is 14.1. The van der Waals surface area contributed by atoms with Crippen molar-refractivity contribution in [2.24, 2.45) is 0 Å². The van der Waals surface area contributed by atoms with Gasteiger partial charge >= 0.3 is 5.97 Å². The zero-order valence-corrected chi connectivity index (χ0v) is 15.0.